The van der Waals surface area contributed by atoms with Gasteiger partial charge in [-0.25, -0.2) is 4.98 Å². The maximum atomic E-state index is 12.7. The number of rotatable bonds is 6. The van der Waals surface area contributed by atoms with E-state index in [0.717, 1.165) is 22.0 Å². The predicted molar refractivity (Wildman–Crippen MR) is 110 cm³/mol. The molecule has 0 aliphatic heterocycles. The average Bonchev–Trinajstić information content (AvgIpc) is 3.13. The van der Waals surface area contributed by atoms with Crippen LogP contribution in [-0.4, -0.2) is 36.8 Å². The zero-order valence-electron chi connectivity index (χ0n) is 16.5. The number of ether oxygens (including phenoxy) is 1. The molecule has 29 heavy (non-hydrogen) atoms. The minimum atomic E-state index is -0.0573. The molecule has 3 heterocycles. The molecule has 0 bridgehead atoms. The van der Waals surface area contributed by atoms with E-state index < -0.39 is 0 Å². The number of ketones is 1. The number of hydrogen-bond acceptors (Lipinski definition) is 6. The number of fused-ring (bicyclic) bond motifs is 1. The smallest absolute Gasteiger partial charge is 0.214 e. The van der Waals surface area contributed by atoms with Crippen LogP contribution in [-0.2, 0) is 13.5 Å². The summed E-state index contributed by atoms with van der Waals surface area (Å²) in [6.45, 7) is 3.83. The third kappa shape index (κ3) is 4.29. The molecule has 146 valence electrons. The first kappa shape index (κ1) is 18.7. The largest absolute Gasteiger partial charge is 0.475 e. The average molecular weight is 387 g/mol. The molecule has 0 aliphatic rings. The van der Waals surface area contributed by atoms with Gasteiger partial charge >= 0.3 is 0 Å². The van der Waals surface area contributed by atoms with Gasteiger partial charge in [-0.1, -0.05) is 6.07 Å². The lowest BCUT2D eigenvalue weighted by atomic mass is 10.0. The van der Waals surface area contributed by atoms with E-state index in [4.69, 9.17) is 4.74 Å². The standard InChI is InChI=1S/C22H21N5O2/c1-14(2)29-22-10-16(6-7-23-22)21(28)11-19-9-17-8-15(4-5-20(17)26-25-19)18-12-24-27(3)13-18/h4-10,12-14H,11H2,1-3H3. The first-order chi connectivity index (χ1) is 14.0. The molecule has 7 nitrogen and oxygen atoms in total. The lowest BCUT2D eigenvalue weighted by Crippen LogP contribution is -2.09. The van der Waals surface area contributed by atoms with Crippen LogP contribution in [0, 0.1) is 0 Å². The Morgan fingerprint density at radius 2 is 1.97 bits per heavy atom. The van der Waals surface area contributed by atoms with E-state index in [1.54, 1.807) is 23.0 Å². The van der Waals surface area contributed by atoms with Crippen LogP contribution in [0.2, 0.25) is 0 Å². The third-order valence-corrected chi connectivity index (χ3v) is 4.43. The Labute approximate surface area is 168 Å². The molecular weight excluding hydrogens is 366 g/mol. The SMILES string of the molecule is CC(C)Oc1cc(C(=O)Cc2cc3cc(-c4cnn(C)c4)ccc3nn2)ccn1. The molecular formula is C22H21N5O2. The second-order valence-corrected chi connectivity index (χ2v) is 7.16. The van der Waals surface area contributed by atoms with Gasteiger partial charge in [0.1, 0.15) is 0 Å². The van der Waals surface area contributed by atoms with Gasteiger partial charge in [0.05, 0.1) is 29.9 Å². The van der Waals surface area contributed by atoms with E-state index in [9.17, 15) is 4.79 Å². The van der Waals surface area contributed by atoms with Crippen molar-refractivity contribution < 1.29 is 9.53 Å². The maximum absolute atomic E-state index is 12.7. The van der Waals surface area contributed by atoms with E-state index in [1.807, 2.05) is 57.6 Å². The van der Waals surface area contributed by atoms with Crippen molar-refractivity contribution in [2.45, 2.75) is 26.4 Å². The number of aromatic nitrogens is 5. The van der Waals surface area contributed by atoms with Crippen molar-refractivity contribution >= 4 is 16.7 Å². The van der Waals surface area contributed by atoms with Crippen molar-refractivity contribution in [2.75, 3.05) is 0 Å². The van der Waals surface area contributed by atoms with Crippen LogP contribution < -0.4 is 4.74 Å². The van der Waals surface area contributed by atoms with Gasteiger partial charge in [0.25, 0.3) is 0 Å². The van der Waals surface area contributed by atoms with Gasteiger partial charge in [-0.3, -0.25) is 9.48 Å². The third-order valence-electron chi connectivity index (χ3n) is 4.43. The fourth-order valence-corrected chi connectivity index (χ4v) is 3.08. The van der Waals surface area contributed by atoms with Gasteiger partial charge in [-0.2, -0.15) is 15.3 Å². The summed E-state index contributed by atoms with van der Waals surface area (Å²) in [5.41, 5.74) is 4.01. The fraction of sp³-hybridized carbons (Fsp3) is 0.227. The molecule has 7 heteroatoms. The summed E-state index contributed by atoms with van der Waals surface area (Å²) in [4.78, 5) is 16.9. The van der Waals surface area contributed by atoms with E-state index >= 15 is 0 Å². The quantitative estimate of drug-likeness (QED) is 0.470. The van der Waals surface area contributed by atoms with E-state index in [-0.39, 0.29) is 18.3 Å². The highest BCUT2D eigenvalue weighted by Gasteiger charge is 2.12. The lowest BCUT2D eigenvalue weighted by Gasteiger charge is -2.09. The summed E-state index contributed by atoms with van der Waals surface area (Å²) in [6, 6.07) is 11.2. The fourth-order valence-electron chi connectivity index (χ4n) is 3.08. The number of carbonyl (C=O) groups is 1. The maximum Gasteiger partial charge on any atom is 0.214 e. The number of benzene rings is 1. The topological polar surface area (TPSA) is 82.8 Å². The van der Waals surface area contributed by atoms with Crippen LogP contribution in [0.5, 0.6) is 5.88 Å². The number of aryl methyl sites for hydroxylation is 1. The van der Waals surface area contributed by atoms with Crippen LogP contribution in [0.15, 0.2) is 55.0 Å². The van der Waals surface area contributed by atoms with Gasteiger partial charge in [0, 0.05) is 42.0 Å². The summed E-state index contributed by atoms with van der Waals surface area (Å²) in [5, 5.41) is 13.6. The summed E-state index contributed by atoms with van der Waals surface area (Å²) in [6.07, 6.45) is 5.51. The van der Waals surface area contributed by atoms with Crippen molar-refractivity contribution in [3.05, 3.63) is 66.2 Å². The van der Waals surface area contributed by atoms with Crippen molar-refractivity contribution in [1.82, 2.24) is 25.0 Å². The molecule has 0 fully saturated rings. The molecule has 1 aromatic carbocycles. The lowest BCUT2D eigenvalue weighted by molar-refractivity contribution is 0.0990. The van der Waals surface area contributed by atoms with Crippen LogP contribution in [0.3, 0.4) is 0 Å². The molecule has 4 aromatic rings. The first-order valence-corrected chi connectivity index (χ1v) is 9.39. The van der Waals surface area contributed by atoms with Crippen molar-refractivity contribution in [3.63, 3.8) is 0 Å². The summed E-state index contributed by atoms with van der Waals surface area (Å²) in [7, 11) is 1.89. The Balaban J connectivity index is 1.58. The van der Waals surface area contributed by atoms with Crippen molar-refractivity contribution in [1.29, 1.82) is 0 Å². The molecule has 0 saturated carbocycles. The molecule has 0 saturated heterocycles. The molecule has 0 amide bonds. The molecule has 0 radical (unpaired) electrons. The molecule has 4 rings (SSSR count). The summed E-state index contributed by atoms with van der Waals surface area (Å²) < 4.78 is 7.34. The minimum absolute atomic E-state index is 0.00628. The summed E-state index contributed by atoms with van der Waals surface area (Å²) in [5.74, 6) is 0.384. The normalized spacial score (nSPS) is 11.2. The predicted octanol–water partition coefficient (Wildman–Crippen LogP) is 3.64. The monoisotopic (exact) mass is 387 g/mol. The van der Waals surface area contributed by atoms with Crippen molar-refractivity contribution in [2.24, 2.45) is 7.05 Å². The zero-order chi connectivity index (χ0) is 20.4. The second kappa shape index (κ2) is 7.79. The van der Waals surface area contributed by atoms with E-state index in [1.165, 1.54) is 0 Å². The molecule has 0 spiro atoms. The van der Waals surface area contributed by atoms with Crippen LogP contribution in [0.25, 0.3) is 22.0 Å². The Kier molecular flexibility index (Phi) is 5.03. The van der Waals surface area contributed by atoms with E-state index in [0.29, 0.717) is 17.1 Å². The second-order valence-electron chi connectivity index (χ2n) is 7.16. The Bertz CT molecular complexity index is 1180. The number of nitrogens with zero attached hydrogens (tertiary/aromatic N) is 5. The molecule has 0 unspecified atom stereocenters. The molecule has 0 atom stereocenters. The number of carbonyl (C=O) groups excluding carboxylic acids is 1. The number of hydrogen-bond donors (Lipinski definition) is 0. The Morgan fingerprint density at radius 3 is 2.72 bits per heavy atom. The molecule has 0 aliphatic carbocycles. The van der Waals surface area contributed by atoms with Gasteiger partial charge in [0.15, 0.2) is 5.78 Å². The first-order valence-electron chi connectivity index (χ1n) is 9.39. The highest BCUT2D eigenvalue weighted by molar-refractivity contribution is 5.97. The highest BCUT2D eigenvalue weighted by Crippen LogP contribution is 2.23. The van der Waals surface area contributed by atoms with Gasteiger partial charge in [-0.15, -0.1) is 0 Å². The molecule has 3 aromatic heterocycles. The Hall–Kier alpha value is -3.61. The van der Waals surface area contributed by atoms with Crippen LogP contribution >= 0.6 is 0 Å². The van der Waals surface area contributed by atoms with Crippen LogP contribution in [0.1, 0.15) is 29.9 Å². The zero-order valence-corrected chi connectivity index (χ0v) is 16.5. The minimum Gasteiger partial charge on any atom is -0.475 e. The van der Waals surface area contributed by atoms with Crippen LogP contribution in [0.4, 0.5) is 0 Å². The summed E-state index contributed by atoms with van der Waals surface area (Å²) >= 11 is 0. The Morgan fingerprint density at radius 1 is 1.10 bits per heavy atom. The van der Waals surface area contributed by atoms with Gasteiger partial charge in [0.2, 0.25) is 5.88 Å². The van der Waals surface area contributed by atoms with Gasteiger partial charge < -0.3 is 4.74 Å². The highest BCUT2D eigenvalue weighted by atomic mass is 16.5. The number of Topliss-reactive ketones (excluding diaryl/α,β-unsaturated/α-hetero) is 1. The van der Waals surface area contributed by atoms with Crippen molar-refractivity contribution in [3.8, 4) is 17.0 Å². The van der Waals surface area contributed by atoms with Gasteiger partial charge in [-0.05, 0) is 43.7 Å². The molecule has 0 N–H and O–H groups in total. The van der Waals surface area contributed by atoms with E-state index in [2.05, 4.69) is 20.3 Å². The number of pyridine rings is 1.